The Kier molecular flexibility index (Phi) is 10.3. The van der Waals surface area contributed by atoms with Gasteiger partial charge in [0.25, 0.3) is 0 Å². The van der Waals surface area contributed by atoms with Crippen molar-refractivity contribution in [3.8, 4) is 5.88 Å². The lowest BCUT2D eigenvalue weighted by molar-refractivity contribution is 0.143. The minimum atomic E-state index is 0. The Bertz CT molecular complexity index is 854. The van der Waals surface area contributed by atoms with Crippen molar-refractivity contribution in [2.45, 2.75) is 20.4 Å². The van der Waals surface area contributed by atoms with Crippen molar-refractivity contribution in [2.75, 3.05) is 58.5 Å². The Balaban J connectivity index is 0.00000341. The maximum absolute atomic E-state index is 5.74. The predicted molar refractivity (Wildman–Crippen MR) is 137 cm³/mol. The van der Waals surface area contributed by atoms with Crippen LogP contribution in [0.3, 0.4) is 0 Å². The first-order valence-electron chi connectivity index (χ1n) is 10.5. The van der Waals surface area contributed by atoms with E-state index < -0.39 is 0 Å². The van der Waals surface area contributed by atoms with Crippen LogP contribution in [0.2, 0.25) is 0 Å². The van der Waals surface area contributed by atoms with Crippen LogP contribution < -0.4 is 15.0 Å². The Morgan fingerprint density at radius 3 is 2.58 bits per heavy atom. The van der Waals surface area contributed by atoms with E-state index >= 15 is 0 Å². The average Bonchev–Trinajstić information content (AvgIpc) is 2.78. The molecule has 0 unspecified atom stereocenters. The monoisotopic (exact) mass is 539 g/mol. The summed E-state index contributed by atoms with van der Waals surface area (Å²) in [5, 5.41) is 3.47. The van der Waals surface area contributed by atoms with Gasteiger partial charge in [-0.1, -0.05) is 18.2 Å². The van der Waals surface area contributed by atoms with E-state index in [-0.39, 0.29) is 24.0 Å². The van der Waals surface area contributed by atoms with Crippen LogP contribution in [0.25, 0.3) is 0 Å². The van der Waals surface area contributed by atoms with Gasteiger partial charge in [0.2, 0.25) is 5.88 Å². The highest BCUT2D eigenvalue weighted by atomic mass is 127. The number of aromatic nitrogens is 1. The largest absolute Gasteiger partial charge is 0.475 e. The molecule has 1 saturated heterocycles. The topological polar surface area (TPSA) is 62.2 Å². The van der Waals surface area contributed by atoms with Gasteiger partial charge in [-0.2, -0.15) is 0 Å². The summed E-state index contributed by atoms with van der Waals surface area (Å²) in [5.74, 6) is 1.54. The van der Waals surface area contributed by atoms with E-state index in [1.165, 1.54) is 16.8 Å². The van der Waals surface area contributed by atoms with Gasteiger partial charge in [-0.25, -0.2) is 4.98 Å². The number of aryl methyl sites for hydroxylation is 1. The van der Waals surface area contributed by atoms with E-state index in [4.69, 9.17) is 9.47 Å². The van der Waals surface area contributed by atoms with Crippen molar-refractivity contribution in [3.05, 3.63) is 53.2 Å². The van der Waals surface area contributed by atoms with E-state index in [0.29, 0.717) is 25.6 Å². The van der Waals surface area contributed by atoms with Crippen molar-refractivity contribution in [2.24, 2.45) is 4.99 Å². The van der Waals surface area contributed by atoms with Gasteiger partial charge < -0.3 is 24.6 Å². The third-order valence-electron chi connectivity index (χ3n) is 5.52. The molecule has 170 valence electrons. The van der Waals surface area contributed by atoms with Crippen LogP contribution in [0.5, 0.6) is 5.88 Å². The molecule has 31 heavy (non-hydrogen) atoms. The molecule has 1 fully saturated rings. The number of pyridine rings is 1. The van der Waals surface area contributed by atoms with Crippen molar-refractivity contribution >= 4 is 35.6 Å². The second-order valence-electron chi connectivity index (χ2n) is 7.40. The second-order valence-corrected chi connectivity index (χ2v) is 7.40. The number of benzene rings is 1. The van der Waals surface area contributed by atoms with Gasteiger partial charge in [0.1, 0.15) is 6.61 Å². The van der Waals surface area contributed by atoms with Crippen LogP contribution >= 0.6 is 24.0 Å². The number of aliphatic imine (C=N–C) groups is 1. The maximum Gasteiger partial charge on any atom is 0.218 e. The molecule has 1 N–H and O–H groups in total. The number of nitrogens with one attached hydrogen (secondary N) is 1. The molecule has 1 aromatic carbocycles. The van der Waals surface area contributed by atoms with E-state index in [0.717, 1.165) is 37.7 Å². The Hall–Kier alpha value is -2.07. The lowest BCUT2D eigenvalue weighted by Gasteiger charge is -2.38. The fourth-order valence-electron chi connectivity index (χ4n) is 3.65. The molecule has 7 nitrogen and oxygen atoms in total. The second kappa shape index (κ2) is 12.7. The number of halogens is 1. The van der Waals surface area contributed by atoms with Gasteiger partial charge in [0.15, 0.2) is 5.96 Å². The number of guanidine groups is 1. The Morgan fingerprint density at radius 1 is 1.10 bits per heavy atom. The van der Waals surface area contributed by atoms with Crippen LogP contribution in [-0.2, 0) is 11.3 Å². The summed E-state index contributed by atoms with van der Waals surface area (Å²) in [6.07, 6.45) is 1.74. The molecule has 2 aromatic rings. The van der Waals surface area contributed by atoms with Crippen LogP contribution in [0.1, 0.15) is 16.7 Å². The average molecular weight is 539 g/mol. The van der Waals surface area contributed by atoms with Gasteiger partial charge in [-0.3, -0.25) is 4.99 Å². The third kappa shape index (κ3) is 6.70. The number of methoxy groups -OCH3 is 1. The standard InChI is InChI=1S/C23H33N5O2.HI/c1-18-7-5-9-21(19(18)2)27-11-13-28(14-12-27)23(24-3)26-17-20-8-6-10-25-22(20)30-16-15-29-4;/h5-10H,11-17H2,1-4H3,(H,24,26);1H. The molecule has 3 rings (SSSR count). The van der Waals surface area contributed by atoms with Crippen LogP contribution in [0.4, 0.5) is 5.69 Å². The van der Waals surface area contributed by atoms with Crippen molar-refractivity contribution in [1.29, 1.82) is 0 Å². The number of piperazine rings is 1. The highest BCUT2D eigenvalue weighted by Crippen LogP contribution is 2.24. The van der Waals surface area contributed by atoms with Crippen molar-refractivity contribution in [3.63, 3.8) is 0 Å². The smallest absolute Gasteiger partial charge is 0.218 e. The molecule has 0 atom stereocenters. The first kappa shape index (κ1) is 25.2. The quantitative estimate of drug-likeness (QED) is 0.253. The first-order valence-corrected chi connectivity index (χ1v) is 10.5. The van der Waals surface area contributed by atoms with Gasteiger partial charge in [0.05, 0.1) is 6.61 Å². The molecule has 0 spiro atoms. The van der Waals surface area contributed by atoms with Crippen LogP contribution in [0.15, 0.2) is 41.5 Å². The summed E-state index contributed by atoms with van der Waals surface area (Å²) in [6, 6.07) is 10.5. The fourth-order valence-corrected chi connectivity index (χ4v) is 3.65. The normalized spacial score (nSPS) is 14.3. The molecule has 1 aliphatic heterocycles. The fraction of sp³-hybridized carbons (Fsp3) is 0.478. The SMILES string of the molecule is CN=C(NCc1cccnc1OCCOC)N1CCN(c2cccc(C)c2C)CC1.I. The number of anilines is 1. The minimum absolute atomic E-state index is 0. The number of nitrogens with zero attached hydrogens (tertiary/aromatic N) is 4. The Labute approximate surface area is 202 Å². The predicted octanol–water partition coefficient (Wildman–Crippen LogP) is 3.24. The molecule has 0 amide bonds. The molecular formula is C23H34IN5O2. The summed E-state index contributed by atoms with van der Waals surface area (Å²) in [6.45, 7) is 9.82. The first-order chi connectivity index (χ1) is 14.6. The summed E-state index contributed by atoms with van der Waals surface area (Å²) in [7, 11) is 3.49. The van der Waals surface area contributed by atoms with Gasteiger partial charge in [0, 0.05) is 64.3 Å². The maximum atomic E-state index is 5.74. The molecule has 0 saturated carbocycles. The summed E-state index contributed by atoms with van der Waals surface area (Å²) < 4.78 is 10.8. The zero-order chi connectivity index (χ0) is 21.3. The molecule has 0 bridgehead atoms. The molecule has 0 aliphatic carbocycles. The zero-order valence-corrected chi connectivity index (χ0v) is 21.3. The lowest BCUT2D eigenvalue weighted by atomic mass is 10.1. The number of ether oxygens (including phenoxy) is 2. The summed E-state index contributed by atoms with van der Waals surface area (Å²) in [5.41, 5.74) is 5.05. The third-order valence-corrected chi connectivity index (χ3v) is 5.52. The van der Waals surface area contributed by atoms with E-state index in [9.17, 15) is 0 Å². The Morgan fingerprint density at radius 2 is 1.87 bits per heavy atom. The number of hydrogen-bond donors (Lipinski definition) is 1. The van der Waals surface area contributed by atoms with E-state index in [1.54, 1.807) is 13.3 Å². The molecule has 1 aliphatic rings. The minimum Gasteiger partial charge on any atom is -0.475 e. The lowest BCUT2D eigenvalue weighted by Crippen LogP contribution is -2.52. The number of rotatable bonds is 7. The number of hydrogen-bond acceptors (Lipinski definition) is 5. The molecule has 1 aromatic heterocycles. The van der Waals surface area contributed by atoms with Gasteiger partial charge >= 0.3 is 0 Å². The van der Waals surface area contributed by atoms with Crippen molar-refractivity contribution in [1.82, 2.24) is 15.2 Å². The van der Waals surface area contributed by atoms with Crippen LogP contribution in [-0.4, -0.2) is 69.4 Å². The van der Waals surface area contributed by atoms with E-state index in [1.807, 2.05) is 19.2 Å². The van der Waals surface area contributed by atoms with Gasteiger partial charge in [-0.05, 0) is 37.1 Å². The van der Waals surface area contributed by atoms with Gasteiger partial charge in [-0.15, -0.1) is 24.0 Å². The molecule has 2 heterocycles. The highest BCUT2D eigenvalue weighted by molar-refractivity contribution is 14.0. The molecular weight excluding hydrogens is 505 g/mol. The van der Waals surface area contributed by atoms with E-state index in [2.05, 4.69) is 57.1 Å². The summed E-state index contributed by atoms with van der Waals surface area (Å²) >= 11 is 0. The van der Waals surface area contributed by atoms with Crippen LogP contribution in [0, 0.1) is 13.8 Å². The van der Waals surface area contributed by atoms with Crippen molar-refractivity contribution < 1.29 is 9.47 Å². The molecule has 8 heteroatoms. The zero-order valence-electron chi connectivity index (χ0n) is 18.9. The summed E-state index contributed by atoms with van der Waals surface area (Å²) in [4.78, 5) is 13.6. The highest BCUT2D eigenvalue weighted by Gasteiger charge is 2.21. The molecule has 0 radical (unpaired) electrons.